The molecule has 0 radical (unpaired) electrons. The zero-order chi connectivity index (χ0) is 19.5. The summed E-state index contributed by atoms with van der Waals surface area (Å²) >= 11 is 6.95. The molecule has 4 rings (SSSR count). The molecule has 0 unspecified atom stereocenters. The van der Waals surface area contributed by atoms with Crippen molar-refractivity contribution >= 4 is 37.6 Å². The zero-order valence-electron chi connectivity index (χ0n) is 14.6. The number of pyridine rings is 2. The normalized spacial score (nSPS) is 10.6. The summed E-state index contributed by atoms with van der Waals surface area (Å²) in [5, 5.41) is 0. The van der Waals surface area contributed by atoms with Crippen molar-refractivity contribution in [3.8, 4) is 22.3 Å². The maximum absolute atomic E-state index is 13.1. The first-order valence-corrected chi connectivity index (χ1v) is 10.2. The highest BCUT2D eigenvalue weighted by molar-refractivity contribution is 9.10. The average Bonchev–Trinajstić information content (AvgIpc) is 2.74. The summed E-state index contributed by atoms with van der Waals surface area (Å²) in [4.78, 5) is 21.7. The van der Waals surface area contributed by atoms with E-state index in [1.807, 2.05) is 72.8 Å². The first kappa shape index (κ1) is 18.7. The molecule has 0 N–H and O–H groups in total. The second-order valence-corrected chi connectivity index (χ2v) is 7.68. The molecule has 28 heavy (non-hydrogen) atoms. The summed E-state index contributed by atoms with van der Waals surface area (Å²) in [6, 6.07) is 22.9. The molecule has 0 saturated carbocycles. The fraction of sp³-hybridized carbons (Fsp3) is 0. The van der Waals surface area contributed by atoms with Gasteiger partial charge in [-0.3, -0.25) is 4.79 Å². The van der Waals surface area contributed by atoms with Crippen molar-refractivity contribution in [3.05, 3.63) is 106 Å². The molecule has 2 aromatic carbocycles. The molecule has 2 aromatic heterocycles. The smallest absolute Gasteiger partial charge is 0.193 e. The molecule has 0 aliphatic heterocycles. The molecule has 0 bridgehead atoms. The monoisotopic (exact) mass is 492 g/mol. The Morgan fingerprint density at radius 3 is 1.54 bits per heavy atom. The van der Waals surface area contributed by atoms with Crippen molar-refractivity contribution in [2.45, 2.75) is 0 Å². The first-order chi connectivity index (χ1) is 13.6. The van der Waals surface area contributed by atoms with Gasteiger partial charge in [0.1, 0.15) is 9.21 Å². The average molecular weight is 494 g/mol. The van der Waals surface area contributed by atoms with Crippen LogP contribution in [-0.2, 0) is 0 Å². The number of ketones is 1. The van der Waals surface area contributed by atoms with Crippen LogP contribution in [0.3, 0.4) is 0 Å². The van der Waals surface area contributed by atoms with Crippen molar-refractivity contribution in [2.24, 2.45) is 0 Å². The van der Waals surface area contributed by atoms with Gasteiger partial charge >= 0.3 is 0 Å². The van der Waals surface area contributed by atoms with E-state index >= 15 is 0 Å². The number of aromatic nitrogens is 2. The van der Waals surface area contributed by atoms with Gasteiger partial charge in [0.05, 0.1) is 0 Å². The SMILES string of the molecule is O=C(c1cccc(-c2cccnc2Br)c1)c1cccc(-c2cccnc2Br)c1. The van der Waals surface area contributed by atoms with Crippen LogP contribution in [0.4, 0.5) is 0 Å². The minimum Gasteiger partial charge on any atom is -0.289 e. The number of carbonyl (C=O) groups excluding carboxylic acids is 1. The van der Waals surface area contributed by atoms with Crippen LogP contribution in [0.15, 0.2) is 94.4 Å². The van der Waals surface area contributed by atoms with Gasteiger partial charge in [-0.25, -0.2) is 9.97 Å². The van der Waals surface area contributed by atoms with E-state index in [-0.39, 0.29) is 5.78 Å². The van der Waals surface area contributed by atoms with E-state index in [4.69, 9.17) is 0 Å². The fourth-order valence-corrected chi connectivity index (χ4v) is 3.98. The molecule has 5 heteroatoms. The molecule has 0 saturated heterocycles. The van der Waals surface area contributed by atoms with Crippen LogP contribution in [0.5, 0.6) is 0 Å². The van der Waals surface area contributed by atoms with E-state index in [9.17, 15) is 4.79 Å². The lowest BCUT2D eigenvalue weighted by molar-refractivity contribution is 0.103. The van der Waals surface area contributed by atoms with E-state index in [1.54, 1.807) is 12.4 Å². The van der Waals surface area contributed by atoms with E-state index in [0.717, 1.165) is 31.5 Å². The number of hydrogen-bond donors (Lipinski definition) is 0. The van der Waals surface area contributed by atoms with E-state index in [0.29, 0.717) is 11.1 Å². The lowest BCUT2D eigenvalue weighted by Crippen LogP contribution is -2.02. The highest BCUT2D eigenvalue weighted by Gasteiger charge is 2.13. The number of benzene rings is 2. The van der Waals surface area contributed by atoms with Gasteiger partial charge in [0.2, 0.25) is 0 Å². The summed E-state index contributed by atoms with van der Waals surface area (Å²) in [5.41, 5.74) is 5.05. The largest absolute Gasteiger partial charge is 0.289 e. The highest BCUT2D eigenvalue weighted by Crippen LogP contribution is 2.29. The zero-order valence-corrected chi connectivity index (χ0v) is 17.8. The van der Waals surface area contributed by atoms with Crippen LogP contribution in [0.2, 0.25) is 0 Å². The Labute approximate surface area is 179 Å². The summed E-state index contributed by atoms with van der Waals surface area (Å²) < 4.78 is 1.51. The molecule has 2 heterocycles. The Bertz CT molecular complexity index is 1080. The van der Waals surface area contributed by atoms with E-state index in [1.165, 1.54) is 0 Å². The maximum Gasteiger partial charge on any atom is 0.193 e. The molecular weight excluding hydrogens is 480 g/mol. The number of nitrogens with zero attached hydrogens (tertiary/aromatic N) is 2. The Morgan fingerprint density at radius 1 is 0.643 bits per heavy atom. The minimum atomic E-state index is -0.0243. The lowest BCUT2D eigenvalue weighted by Gasteiger charge is -2.08. The third-order valence-corrected chi connectivity index (χ3v) is 5.65. The van der Waals surface area contributed by atoms with Gasteiger partial charge in [0, 0.05) is 34.6 Å². The van der Waals surface area contributed by atoms with Crippen LogP contribution < -0.4 is 0 Å². The van der Waals surface area contributed by atoms with Gasteiger partial charge in [-0.15, -0.1) is 0 Å². The molecule has 136 valence electrons. The maximum atomic E-state index is 13.1. The van der Waals surface area contributed by atoms with Crippen molar-refractivity contribution in [3.63, 3.8) is 0 Å². The van der Waals surface area contributed by atoms with Gasteiger partial charge in [0.15, 0.2) is 5.78 Å². The Morgan fingerprint density at radius 2 is 1.11 bits per heavy atom. The molecule has 0 aliphatic rings. The van der Waals surface area contributed by atoms with Crippen molar-refractivity contribution in [1.29, 1.82) is 0 Å². The highest BCUT2D eigenvalue weighted by atomic mass is 79.9. The van der Waals surface area contributed by atoms with Crippen molar-refractivity contribution in [2.75, 3.05) is 0 Å². The van der Waals surface area contributed by atoms with Crippen LogP contribution in [0.25, 0.3) is 22.3 Å². The predicted molar refractivity (Wildman–Crippen MR) is 118 cm³/mol. The van der Waals surface area contributed by atoms with Crippen LogP contribution in [-0.4, -0.2) is 15.8 Å². The van der Waals surface area contributed by atoms with Crippen molar-refractivity contribution < 1.29 is 4.79 Å². The summed E-state index contributed by atoms with van der Waals surface area (Å²) in [7, 11) is 0. The molecular formula is C23H14Br2N2O. The molecule has 0 aliphatic carbocycles. The molecule has 0 spiro atoms. The molecule has 0 atom stereocenters. The van der Waals surface area contributed by atoms with Gasteiger partial charge in [-0.1, -0.05) is 48.5 Å². The Balaban J connectivity index is 1.71. The molecule has 3 nitrogen and oxygen atoms in total. The lowest BCUT2D eigenvalue weighted by atomic mass is 9.96. The number of halogens is 2. The minimum absolute atomic E-state index is 0.0243. The summed E-state index contributed by atoms with van der Waals surface area (Å²) in [6.07, 6.45) is 3.45. The van der Waals surface area contributed by atoms with Crippen LogP contribution in [0.1, 0.15) is 15.9 Å². The third-order valence-electron chi connectivity index (χ3n) is 4.39. The number of rotatable bonds is 4. The topological polar surface area (TPSA) is 42.9 Å². The predicted octanol–water partition coefficient (Wildman–Crippen LogP) is 6.57. The summed E-state index contributed by atoms with van der Waals surface area (Å²) in [5.74, 6) is -0.0243. The Kier molecular flexibility index (Phi) is 5.46. The number of carbonyl (C=O) groups is 1. The summed E-state index contributed by atoms with van der Waals surface area (Å²) in [6.45, 7) is 0. The number of hydrogen-bond acceptors (Lipinski definition) is 3. The van der Waals surface area contributed by atoms with E-state index in [2.05, 4.69) is 41.8 Å². The van der Waals surface area contributed by atoms with Crippen LogP contribution in [0, 0.1) is 0 Å². The van der Waals surface area contributed by atoms with Crippen molar-refractivity contribution in [1.82, 2.24) is 9.97 Å². The Hall–Kier alpha value is -2.63. The second kappa shape index (κ2) is 8.17. The van der Waals surface area contributed by atoms with Gasteiger partial charge in [-0.2, -0.15) is 0 Å². The second-order valence-electron chi connectivity index (χ2n) is 6.17. The standard InChI is InChI=1S/C23H14Br2N2O/c24-22-19(9-3-11-26-22)15-5-1-7-17(13-15)21(28)18-8-2-6-16(14-18)20-10-4-12-27-23(20)25/h1-14H. The third kappa shape index (κ3) is 3.81. The first-order valence-electron chi connectivity index (χ1n) is 8.60. The molecule has 4 aromatic rings. The molecule has 0 amide bonds. The van der Waals surface area contributed by atoms with Crippen LogP contribution >= 0.6 is 31.9 Å². The quantitative estimate of drug-likeness (QED) is 0.238. The van der Waals surface area contributed by atoms with Gasteiger partial charge < -0.3 is 0 Å². The van der Waals surface area contributed by atoms with Gasteiger partial charge in [0.25, 0.3) is 0 Å². The molecule has 0 fully saturated rings. The fourth-order valence-electron chi connectivity index (χ4n) is 3.03. The van der Waals surface area contributed by atoms with Gasteiger partial charge in [-0.05, 0) is 67.3 Å². The van der Waals surface area contributed by atoms with E-state index < -0.39 is 0 Å².